The maximum absolute atomic E-state index is 13.5. The summed E-state index contributed by atoms with van der Waals surface area (Å²) in [7, 11) is 1.24. The summed E-state index contributed by atoms with van der Waals surface area (Å²) in [6, 6.07) is 13.0. The SMILES string of the molecule is COC(=O)C1=C(C(=O)c2ccc(Br)cc2)[C@@H](c2ccc(Cl)cc2)n2nnnc2N1. The third-order valence-corrected chi connectivity index (χ3v) is 5.22. The Bertz CT molecular complexity index is 1130. The van der Waals surface area contributed by atoms with Gasteiger partial charge in [-0.2, -0.15) is 4.68 Å². The van der Waals surface area contributed by atoms with Gasteiger partial charge in [0.1, 0.15) is 11.7 Å². The Morgan fingerprint density at radius 1 is 1.14 bits per heavy atom. The zero-order chi connectivity index (χ0) is 20.5. The van der Waals surface area contributed by atoms with Gasteiger partial charge >= 0.3 is 5.97 Å². The van der Waals surface area contributed by atoms with Gasteiger partial charge in [-0.1, -0.05) is 44.8 Å². The van der Waals surface area contributed by atoms with E-state index >= 15 is 0 Å². The second kappa shape index (κ2) is 7.76. The molecule has 1 aliphatic rings. The van der Waals surface area contributed by atoms with E-state index in [-0.39, 0.29) is 23.0 Å². The van der Waals surface area contributed by atoms with Gasteiger partial charge in [-0.15, -0.1) is 0 Å². The number of carbonyl (C=O) groups is 2. The highest BCUT2D eigenvalue weighted by Crippen LogP contribution is 2.37. The van der Waals surface area contributed by atoms with E-state index in [1.807, 2.05) is 0 Å². The van der Waals surface area contributed by atoms with E-state index in [2.05, 4.69) is 36.8 Å². The molecule has 1 aromatic heterocycles. The zero-order valence-electron chi connectivity index (χ0n) is 15.0. The summed E-state index contributed by atoms with van der Waals surface area (Å²) in [5.74, 6) is -0.831. The number of Topliss-reactive ketones (excluding diaryl/α,β-unsaturated/α-hetero) is 1. The van der Waals surface area contributed by atoms with Crippen LogP contribution in [0.2, 0.25) is 5.02 Å². The number of ether oxygens (including phenoxy) is 1. The van der Waals surface area contributed by atoms with Crippen LogP contribution in [-0.4, -0.2) is 39.1 Å². The van der Waals surface area contributed by atoms with Crippen molar-refractivity contribution in [3.8, 4) is 0 Å². The number of hydrogen-bond acceptors (Lipinski definition) is 7. The van der Waals surface area contributed by atoms with Gasteiger partial charge in [0.2, 0.25) is 5.95 Å². The number of nitrogens with zero attached hydrogens (tertiary/aromatic N) is 4. The van der Waals surface area contributed by atoms with Crippen molar-refractivity contribution in [3.05, 3.63) is 80.4 Å². The average Bonchev–Trinajstić information content (AvgIpc) is 3.21. The quantitative estimate of drug-likeness (QED) is 0.457. The van der Waals surface area contributed by atoms with Gasteiger partial charge in [0.15, 0.2) is 5.78 Å². The topological polar surface area (TPSA) is 99.0 Å². The normalized spacial score (nSPS) is 15.5. The molecule has 0 fully saturated rings. The van der Waals surface area contributed by atoms with Gasteiger partial charge in [-0.3, -0.25) is 4.79 Å². The average molecular weight is 475 g/mol. The molecule has 0 unspecified atom stereocenters. The molecule has 0 spiro atoms. The van der Waals surface area contributed by atoms with E-state index in [9.17, 15) is 9.59 Å². The van der Waals surface area contributed by atoms with Gasteiger partial charge in [0.05, 0.1) is 12.7 Å². The number of hydrogen-bond donors (Lipinski definition) is 1. The molecule has 1 aliphatic heterocycles. The van der Waals surface area contributed by atoms with Crippen LogP contribution in [0.1, 0.15) is 22.0 Å². The summed E-state index contributed by atoms with van der Waals surface area (Å²) in [6.07, 6.45) is 0. The minimum Gasteiger partial charge on any atom is -0.464 e. The molecular weight excluding hydrogens is 462 g/mol. The molecule has 3 aromatic rings. The highest BCUT2D eigenvalue weighted by atomic mass is 79.9. The number of ketones is 1. The first-order valence-electron chi connectivity index (χ1n) is 8.42. The monoisotopic (exact) mass is 473 g/mol. The minimum absolute atomic E-state index is 0.0114. The predicted molar refractivity (Wildman–Crippen MR) is 109 cm³/mol. The van der Waals surface area contributed by atoms with E-state index in [0.29, 0.717) is 16.1 Å². The van der Waals surface area contributed by atoms with Crippen molar-refractivity contribution >= 4 is 45.2 Å². The molecule has 10 heteroatoms. The zero-order valence-corrected chi connectivity index (χ0v) is 17.3. The predicted octanol–water partition coefficient (Wildman–Crippen LogP) is 3.41. The standard InChI is InChI=1S/C19H13BrClN5O3/c1-29-18(28)15-14(17(27)11-2-6-12(20)7-3-11)16(10-4-8-13(21)9-5-10)26-19(22-15)23-24-25-26/h2-9,16H,1H3,(H,22,23,25)/t16-/m1/s1. The molecular formula is C19H13BrClN5O3. The van der Waals surface area contributed by atoms with Gasteiger partial charge in [0, 0.05) is 15.1 Å². The van der Waals surface area contributed by atoms with Crippen LogP contribution < -0.4 is 5.32 Å². The highest BCUT2D eigenvalue weighted by molar-refractivity contribution is 9.10. The Kier molecular flexibility index (Phi) is 5.16. The summed E-state index contributed by atoms with van der Waals surface area (Å²) >= 11 is 9.38. The number of tetrazole rings is 1. The second-order valence-corrected chi connectivity index (χ2v) is 7.49. The molecule has 0 saturated heterocycles. The van der Waals surface area contributed by atoms with E-state index in [4.69, 9.17) is 16.3 Å². The third-order valence-electron chi connectivity index (χ3n) is 4.44. The van der Waals surface area contributed by atoms with Gasteiger partial charge in [-0.05, 0) is 52.4 Å². The number of halogens is 2. The van der Waals surface area contributed by atoms with Crippen molar-refractivity contribution in [1.29, 1.82) is 0 Å². The van der Waals surface area contributed by atoms with E-state index in [1.165, 1.54) is 11.8 Å². The number of nitrogens with one attached hydrogen (secondary N) is 1. The molecule has 0 saturated carbocycles. The fraction of sp³-hybridized carbons (Fsp3) is 0.105. The van der Waals surface area contributed by atoms with E-state index in [0.717, 1.165) is 4.47 Å². The first kappa shape index (κ1) is 19.3. The first-order chi connectivity index (χ1) is 14.0. The molecule has 0 amide bonds. The Labute approximate surface area is 178 Å². The van der Waals surface area contributed by atoms with Crippen molar-refractivity contribution in [2.75, 3.05) is 12.4 Å². The Morgan fingerprint density at radius 3 is 2.48 bits per heavy atom. The Hall–Kier alpha value is -3.04. The molecule has 8 nitrogen and oxygen atoms in total. The van der Waals surface area contributed by atoms with Crippen LogP contribution in [0.4, 0.5) is 5.95 Å². The van der Waals surface area contributed by atoms with Crippen LogP contribution in [0.3, 0.4) is 0 Å². The summed E-state index contributed by atoms with van der Waals surface area (Å²) in [6.45, 7) is 0. The first-order valence-corrected chi connectivity index (χ1v) is 9.60. The van der Waals surface area contributed by atoms with Crippen LogP contribution in [0.15, 0.2) is 64.3 Å². The van der Waals surface area contributed by atoms with Gasteiger partial charge < -0.3 is 10.1 Å². The number of aromatic nitrogens is 4. The van der Waals surface area contributed by atoms with Gasteiger partial charge in [-0.25, -0.2) is 4.79 Å². The molecule has 29 heavy (non-hydrogen) atoms. The van der Waals surface area contributed by atoms with Crippen LogP contribution in [0.25, 0.3) is 0 Å². The van der Waals surface area contributed by atoms with Crippen molar-refractivity contribution in [1.82, 2.24) is 20.2 Å². The van der Waals surface area contributed by atoms with Crippen molar-refractivity contribution in [3.63, 3.8) is 0 Å². The van der Waals surface area contributed by atoms with Crippen LogP contribution >= 0.6 is 27.5 Å². The van der Waals surface area contributed by atoms with Crippen LogP contribution in [0.5, 0.6) is 0 Å². The van der Waals surface area contributed by atoms with Gasteiger partial charge in [0.25, 0.3) is 0 Å². The fourth-order valence-corrected chi connectivity index (χ4v) is 3.49. The van der Waals surface area contributed by atoms with Crippen LogP contribution in [-0.2, 0) is 9.53 Å². The van der Waals surface area contributed by atoms with Crippen molar-refractivity contribution in [2.24, 2.45) is 0 Å². The smallest absolute Gasteiger partial charge is 0.355 e. The number of esters is 1. The Balaban J connectivity index is 1.94. The van der Waals surface area contributed by atoms with E-state index in [1.54, 1.807) is 48.5 Å². The Morgan fingerprint density at radius 2 is 1.83 bits per heavy atom. The molecule has 4 rings (SSSR count). The summed E-state index contributed by atoms with van der Waals surface area (Å²) < 4.78 is 7.18. The summed E-state index contributed by atoms with van der Waals surface area (Å²) in [5, 5.41) is 15.0. The number of allylic oxidation sites excluding steroid dienone is 1. The molecule has 146 valence electrons. The van der Waals surface area contributed by atoms with Crippen LogP contribution in [0, 0.1) is 0 Å². The lowest BCUT2D eigenvalue weighted by molar-refractivity contribution is -0.136. The molecule has 2 aromatic carbocycles. The molecule has 0 aliphatic carbocycles. The number of anilines is 1. The fourth-order valence-electron chi connectivity index (χ4n) is 3.10. The third kappa shape index (κ3) is 3.54. The number of fused-ring (bicyclic) bond motifs is 1. The van der Waals surface area contributed by atoms with Crippen molar-refractivity contribution < 1.29 is 14.3 Å². The largest absolute Gasteiger partial charge is 0.464 e. The molecule has 2 heterocycles. The molecule has 1 N–H and O–H groups in total. The maximum atomic E-state index is 13.5. The number of rotatable bonds is 4. The number of benzene rings is 2. The summed E-state index contributed by atoms with van der Waals surface area (Å²) in [5.41, 5.74) is 1.25. The maximum Gasteiger partial charge on any atom is 0.355 e. The second-order valence-electron chi connectivity index (χ2n) is 6.14. The highest BCUT2D eigenvalue weighted by Gasteiger charge is 2.38. The number of methoxy groups -OCH3 is 1. The lowest BCUT2D eigenvalue weighted by Crippen LogP contribution is -2.32. The number of carbonyl (C=O) groups excluding carboxylic acids is 2. The molecule has 1 atom stereocenters. The van der Waals surface area contributed by atoms with Crippen molar-refractivity contribution in [2.45, 2.75) is 6.04 Å². The molecule has 0 radical (unpaired) electrons. The molecule has 0 bridgehead atoms. The lowest BCUT2D eigenvalue weighted by atomic mass is 9.89. The lowest BCUT2D eigenvalue weighted by Gasteiger charge is -2.28. The minimum atomic E-state index is -0.747. The van der Waals surface area contributed by atoms with E-state index < -0.39 is 12.0 Å². The summed E-state index contributed by atoms with van der Waals surface area (Å²) in [4.78, 5) is 26.0.